The molecule has 0 aliphatic heterocycles. The molecule has 0 aliphatic carbocycles. The molecule has 2 aromatic heterocycles. The van der Waals surface area contributed by atoms with Crippen molar-refractivity contribution in [3.05, 3.63) is 75.5 Å². The largest absolute Gasteiger partial charge is 0.357 e. The highest BCUT2D eigenvalue weighted by Crippen LogP contribution is 2.21. The highest BCUT2D eigenvalue weighted by atomic mass is 32.1. The van der Waals surface area contributed by atoms with Crippen LogP contribution in [0.25, 0.3) is 0 Å². The number of rotatable bonds is 5. The van der Waals surface area contributed by atoms with E-state index in [0.29, 0.717) is 11.4 Å². The van der Waals surface area contributed by atoms with Crippen molar-refractivity contribution in [2.75, 3.05) is 0 Å². The van der Waals surface area contributed by atoms with E-state index in [1.807, 2.05) is 55.2 Å². The summed E-state index contributed by atoms with van der Waals surface area (Å²) in [6.45, 7) is 2.42. The molecule has 0 atom stereocenters. The van der Waals surface area contributed by atoms with Crippen LogP contribution in [0.2, 0.25) is 0 Å². The van der Waals surface area contributed by atoms with Gasteiger partial charge in [0.05, 0.1) is 10.7 Å². The van der Waals surface area contributed by atoms with Crippen molar-refractivity contribution in [3.63, 3.8) is 0 Å². The number of nitrogens with one attached hydrogen (secondary N) is 1. The van der Waals surface area contributed by atoms with Crippen LogP contribution in [0.3, 0.4) is 0 Å². The van der Waals surface area contributed by atoms with Crippen LogP contribution in [0.4, 0.5) is 0 Å². The Hall–Kier alpha value is -2.40. The average Bonchev–Trinajstić information content (AvgIpc) is 3.12. The van der Waals surface area contributed by atoms with Gasteiger partial charge in [0, 0.05) is 32.4 Å². The molecule has 1 aromatic carbocycles. The molecule has 0 fully saturated rings. The summed E-state index contributed by atoms with van der Waals surface area (Å²) >= 11 is 1.47. The van der Waals surface area contributed by atoms with Gasteiger partial charge in [-0.2, -0.15) is 0 Å². The normalized spacial score (nSPS) is 10.7. The van der Waals surface area contributed by atoms with Gasteiger partial charge in [0.15, 0.2) is 0 Å². The standard InChI is InChI=1S/C18H19N3OS/c1-13-17(18(22)19-11-15-8-9-21(2)12-15)23-16(20-13)10-14-6-4-3-5-7-14/h3-9,12H,10-11H2,1-2H3,(H,19,22). The molecular weight excluding hydrogens is 306 g/mol. The Kier molecular flexibility index (Phi) is 4.57. The van der Waals surface area contributed by atoms with Crippen molar-refractivity contribution in [1.29, 1.82) is 0 Å². The molecule has 1 N–H and O–H groups in total. The Morgan fingerprint density at radius 1 is 1.22 bits per heavy atom. The number of aryl methyl sites for hydroxylation is 2. The minimum Gasteiger partial charge on any atom is -0.357 e. The third kappa shape index (κ3) is 3.87. The summed E-state index contributed by atoms with van der Waals surface area (Å²) in [5, 5.41) is 3.94. The number of hydrogen-bond donors (Lipinski definition) is 1. The van der Waals surface area contributed by atoms with Gasteiger partial charge in [-0.05, 0) is 24.1 Å². The molecule has 0 unspecified atom stereocenters. The maximum absolute atomic E-state index is 12.4. The Morgan fingerprint density at radius 3 is 2.70 bits per heavy atom. The number of carbonyl (C=O) groups excluding carboxylic acids is 1. The van der Waals surface area contributed by atoms with E-state index in [1.165, 1.54) is 16.9 Å². The lowest BCUT2D eigenvalue weighted by Crippen LogP contribution is -2.22. The second-order valence-corrected chi connectivity index (χ2v) is 6.64. The number of carbonyl (C=O) groups is 1. The lowest BCUT2D eigenvalue weighted by molar-refractivity contribution is 0.0954. The van der Waals surface area contributed by atoms with Crippen LogP contribution in [-0.2, 0) is 20.0 Å². The van der Waals surface area contributed by atoms with E-state index in [0.717, 1.165) is 22.7 Å². The first kappa shape index (κ1) is 15.5. The fraction of sp³-hybridized carbons (Fsp3) is 0.222. The fourth-order valence-electron chi connectivity index (χ4n) is 2.44. The number of benzene rings is 1. The van der Waals surface area contributed by atoms with Gasteiger partial charge in [0.2, 0.25) is 0 Å². The van der Waals surface area contributed by atoms with Gasteiger partial charge in [-0.1, -0.05) is 30.3 Å². The van der Waals surface area contributed by atoms with Crippen LogP contribution in [0.5, 0.6) is 0 Å². The van der Waals surface area contributed by atoms with Crippen molar-refractivity contribution in [2.24, 2.45) is 7.05 Å². The molecule has 2 heterocycles. The number of thiazole rings is 1. The molecule has 0 bridgehead atoms. The number of amides is 1. The van der Waals surface area contributed by atoms with Gasteiger partial charge in [0.1, 0.15) is 4.88 Å². The smallest absolute Gasteiger partial charge is 0.263 e. The van der Waals surface area contributed by atoms with Crippen molar-refractivity contribution < 1.29 is 4.79 Å². The molecule has 0 radical (unpaired) electrons. The lowest BCUT2D eigenvalue weighted by Gasteiger charge is -2.02. The first-order valence-corrected chi connectivity index (χ1v) is 8.33. The Bertz CT molecular complexity index is 805. The molecule has 3 rings (SSSR count). The first-order valence-electron chi connectivity index (χ1n) is 7.51. The second-order valence-electron chi connectivity index (χ2n) is 5.55. The molecule has 23 heavy (non-hydrogen) atoms. The van der Waals surface area contributed by atoms with Gasteiger partial charge >= 0.3 is 0 Å². The minimum absolute atomic E-state index is 0.0526. The summed E-state index contributed by atoms with van der Waals surface area (Å²) in [6, 6.07) is 12.2. The predicted octanol–water partition coefficient (Wildman–Crippen LogP) is 3.31. The Labute approximate surface area is 139 Å². The number of aromatic nitrogens is 2. The van der Waals surface area contributed by atoms with Crippen LogP contribution in [-0.4, -0.2) is 15.5 Å². The molecule has 0 saturated heterocycles. The summed E-state index contributed by atoms with van der Waals surface area (Å²) in [6.07, 6.45) is 4.73. The van der Waals surface area contributed by atoms with E-state index >= 15 is 0 Å². The van der Waals surface area contributed by atoms with Crippen LogP contribution in [0.1, 0.15) is 31.5 Å². The van der Waals surface area contributed by atoms with Gasteiger partial charge in [0.25, 0.3) is 5.91 Å². The number of hydrogen-bond acceptors (Lipinski definition) is 3. The van der Waals surface area contributed by atoms with Crippen molar-refractivity contribution >= 4 is 17.2 Å². The third-order valence-corrected chi connectivity index (χ3v) is 4.75. The highest BCUT2D eigenvalue weighted by Gasteiger charge is 2.15. The molecule has 0 aliphatic rings. The molecule has 0 saturated carbocycles. The number of nitrogens with zero attached hydrogens (tertiary/aromatic N) is 2. The molecule has 0 spiro atoms. The van der Waals surface area contributed by atoms with Crippen LogP contribution in [0.15, 0.2) is 48.8 Å². The minimum atomic E-state index is -0.0526. The van der Waals surface area contributed by atoms with Crippen molar-refractivity contribution in [3.8, 4) is 0 Å². The summed E-state index contributed by atoms with van der Waals surface area (Å²) in [5.74, 6) is -0.0526. The van der Waals surface area contributed by atoms with Gasteiger partial charge in [-0.25, -0.2) is 4.98 Å². The van der Waals surface area contributed by atoms with E-state index in [2.05, 4.69) is 22.4 Å². The van der Waals surface area contributed by atoms with Crippen LogP contribution >= 0.6 is 11.3 Å². The van der Waals surface area contributed by atoms with Crippen molar-refractivity contribution in [2.45, 2.75) is 19.9 Å². The van der Waals surface area contributed by atoms with Crippen LogP contribution in [0, 0.1) is 6.92 Å². The first-order chi connectivity index (χ1) is 11.1. The van der Waals surface area contributed by atoms with Gasteiger partial charge in [-0.3, -0.25) is 4.79 Å². The quantitative estimate of drug-likeness (QED) is 0.782. The lowest BCUT2D eigenvalue weighted by atomic mass is 10.2. The summed E-state index contributed by atoms with van der Waals surface area (Å²) in [7, 11) is 1.97. The summed E-state index contributed by atoms with van der Waals surface area (Å²) in [4.78, 5) is 17.6. The average molecular weight is 325 g/mol. The Balaban J connectivity index is 1.66. The maximum Gasteiger partial charge on any atom is 0.263 e. The zero-order valence-corrected chi connectivity index (χ0v) is 14.1. The second kappa shape index (κ2) is 6.79. The topological polar surface area (TPSA) is 46.9 Å². The van der Waals surface area contributed by atoms with Gasteiger partial charge < -0.3 is 9.88 Å². The summed E-state index contributed by atoms with van der Waals surface area (Å²) < 4.78 is 1.97. The predicted molar refractivity (Wildman–Crippen MR) is 92.7 cm³/mol. The van der Waals surface area contributed by atoms with E-state index in [9.17, 15) is 4.79 Å². The zero-order valence-electron chi connectivity index (χ0n) is 13.2. The Morgan fingerprint density at radius 2 is 2.00 bits per heavy atom. The highest BCUT2D eigenvalue weighted by molar-refractivity contribution is 7.13. The SMILES string of the molecule is Cc1nc(Cc2ccccc2)sc1C(=O)NCc1ccn(C)c1. The summed E-state index contributed by atoms with van der Waals surface area (Å²) in [5.41, 5.74) is 3.09. The van der Waals surface area contributed by atoms with Crippen molar-refractivity contribution in [1.82, 2.24) is 14.9 Å². The molecule has 4 nitrogen and oxygen atoms in total. The van der Waals surface area contributed by atoms with Gasteiger partial charge in [-0.15, -0.1) is 11.3 Å². The van der Waals surface area contributed by atoms with E-state index < -0.39 is 0 Å². The molecule has 118 valence electrons. The third-order valence-electron chi connectivity index (χ3n) is 3.59. The molecule has 5 heteroatoms. The molecular formula is C18H19N3OS. The molecule has 3 aromatic rings. The maximum atomic E-state index is 12.4. The molecule has 1 amide bonds. The van der Waals surface area contributed by atoms with E-state index in [4.69, 9.17) is 0 Å². The van der Waals surface area contributed by atoms with E-state index in [-0.39, 0.29) is 5.91 Å². The zero-order chi connectivity index (χ0) is 16.2. The monoisotopic (exact) mass is 325 g/mol. The van der Waals surface area contributed by atoms with E-state index in [1.54, 1.807) is 0 Å². The van der Waals surface area contributed by atoms with Crippen LogP contribution < -0.4 is 5.32 Å². The fourth-order valence-corrected chi connectivity index (χ4v) is 3.45.